The maximum absolute atomic E-state index is 13.0. The highest BCUT2D eigenvalue weighted by Crippen LogP contribution is 2.17. The van der Waals surface area contributed by atoms with Crippen LogP contribution >= 0.6 is 0 Å². The lowest BCUT2D eigenvalue weighted by Crippen LogP contribution is -2.19. The molecule has 0 aliphatic heterocycles. The Labute approximate surface area is 114 Å². The molecule has 2 rings (SSSR count). The van der Waals surface area contributed by atoms with E-state index in [1.54, 1.807) is 24.3 Å². The summed E-state index contributed by atoms with van der Waals surface area (Å²) in [7, 11) is 1.51. The van der Waals surface area contributed by atoms with Crippen molar-refractivity contribution < 1.29 is 18.3 Å². The molecule has 2 aromatic carbocycles. The summed E-state index contributed by atoms with van der Waals surface area (Å²) in [4.78, 5) is 11.7. The summed E-state index contributed by atoms with van der Waals surface area (Å²) >= 11 is 0. The van der Waals surface area contributed by atoms with Crippen molar-refractivity contribution in [2.75, 3.05) is 17.7 Å². The number of carbonyl (C=O) groups is 1. The van der Waals surface area contributed by atoms with Crippen LogP contribution in [0.2, 0.25) is 0 Å². The van der Waals surface area contributed by atoms with Gasteiger partial charge in [0.2, 0.25) is 0 Å². The Balaban J connectivity index is 2.04. The fraction of sp³-hybridized carbons (Fsp3) is 0.0714. The van der Waals surface area contributed by atoms with Gasteiger partial charge in [-0.25, -0.2) is 13.6 Å². The summed E-state index contributed by atoms with van der Waals surface area (Å²) in [6, 6.07) is 8.87. The number of carbonyl (C=O) groups excluding carboxylic acids is 1. The van der Waals surface area contributed by atoms with Crippen LogP contribution in [0.3, 0.4) is 0 Å². The normalized spacial score (nSPS) is 9.95. The number of amides is 2. The van der Waals surface area contributed by atoms with Crippen LogP contribution in [0.4, 0.5) is 25.0 Å². The monoisotopic (exact) mass is 278 g/mol. The van der Waals surface area contributed by atoms with Crippen LogP contribution < -0.4 is 15.4 Å². The molecule has 0 spiro atoms. The average Bonchev–Trinajstić information content (AvgIpc) is 2.37. The van der Waals surface area contributed by atoms with E-state index in [0.29, 0.717) is 11.4 Å². The molecular formula is C14H12F2N2O2. The van der Waals surface area contributed by atoms with Crippen LogP contribution in [0.15, 0.2) is 42.5 Å². The Morgan fingerprint density at radius 3 is 2.30 bits per heavy atom. The van der Waals surface area contributed by atoms with Crippen molar-refractivity contribution in [1.29, 1.82) is 0 Å². The van der Waals surface area contributed by atoms with Crippen LogP contribution in [-0.4, -0.2) is 13.1 Å². The van der Waals surface area contributed by atoms with Gasteiger partial charge in [-0.15, -0.1) is 0 Å². The highest BCUT2D eigenvalue weighted by Gasteiger charge is 2.06. The third kappa shape index (κ3) is 3.68. The number of anilines is 2. The third-order valence-corrected chi connectivity index (χ3v) is 2.45. The summed E-state index contributed by atoms with van der Waals surface area (Å²) in [6.45, 7) is 0. The van der Waals surface area contributed by atoms with Gasteiger partial charge < -0.3 is 15.4 Å². The summed E-state index contributed by atoms with van der Waals surface area (Å²) in [5, 5.41) is 4.87. The SMILES string of the molecule is COc1cccc(NC(=O)Nc2cc(F)cc(F)c2)c1. The van der Waals surface area contributed by atoms with E-state index in [0.717, 1.165) is 18.2 Å². The van der Waals surface area contributed by atoms with E-state index in [9.17, 15) is 13.6 Å². The molecule has 4 nitrogen and oxygen atoms in total. The van der Waals surface area contributed by atoms with Crippen molar-refractivity contribution >= 4 is 17.4 Å². The second-order valence-corrected chi connectivity index (χ2v) is 3.97. The smallest absolute Gasteiger partial charge is 0.323 e. The van der Waals surface area contributed by atoms with E-state index in [4.69, 9.17) is 4.74 Å². The summed E-state index contributed by atoms with van der Waals surface area (Å²) in [5.74, 6) is -0.942. The van der Waals surface area contributed by atoms with Gasteiger partial charge in [0.15, 0.2) is 0 Å². The molecule has 2 aromatic rings. The number of hydrogen-bond acceptors (Lipinski definition) is 2. The second-order valence-electron chi connectivity index (χ2n) is 3.97. The van der Waals surface area contributed by atoms with Crippen molar-refractivity contribution in [3.63, 3.8) is 0 Å². The minimum atomic E-state index is -0.762. The lowest BCUT2D eigenvalue weighted by molar-refractivity contribution is 0.262. The van der Waals surface area contributed by atoms with Gasteiger partial charge in [0.1, 0.15) is 17.4 Å². The van der Waals surface area contributed by atoms with Crippen molar-refractivity contribution in [3.05, 3.63) is 54.1 Å². The topological polar surface area (TPSA) is 50.4 Å². The fourth-order valence-corrected chi connectivity index (χ4v) is 1.62. The minimum absolute atomic E-state index is 0.0305. The standard InChI is InChI=1S/C14H12F2N2O2/c1-20-13-4-2-3-11(8-13)17-14(19)18-12-6-9(15)5-10(16)7-12/h2-8H,1H3,(H2,17,18,19). The van der Waals surface area contributed by atoms with Crippen molar-refractivity contribution in [1.82, 2.24) is 0 Å². The van der Waals surface area contributed by atoms with Crippen LogP contribution in [0, 0.1) is 11.6 Å². The van der Waals surface area contributed by atoms with Gasteiger partial charge in [-0.05, 0) is 24.3 Å². The molecule has 0 unspecified atom stereocenters. The number of halogens is 2. The number of urea groups is 1. The molecule has 0 saturated heterocycles. The Bertz CT molecular complexity index is 612. The zero-order valence-corrected chi connectivity index (χ0v) is 10.6. The van der Waals surface area contributed by atoms with Gasteiger partial charge in [0.25, 0.3) is 0 Å². The quantitative estimate of drug-likeness (QED) is 0.901. The first-order valence-electron chi connectivity index (χ1n) is 5.75. The van der Waals surface area contributed by atoms with E-state index in [-0.39, 0.29) is 5.69 Å². The van der Waals surface area contributed by atoms with Gasteiger partial charge in [-0.3, -0.25) is 0 Å². The molecule has 0 fully saturated rings. The molecule has 0 aliphatic carbocycles. The first kappa shape index (κ1) is 13.8. The van der Waals surface area contributed by atoms with E-state index in [2.05, 4.69) is 10.6 Å². The Kier molecular flexibility index (Phi) is 4.14. The zero-order valence-electron chi connectivity index (χ0n) is 10.6. The highest BCUT2D eigenvalue weighted by atomic mass is 19.1. The predicted molar refractivity (Wildman–Crippen MR) is 72.0 cm³/mol. The molecule has 6 heteroatoms. The fourth-order valence-electron chi connectivity index (χ4n) is 1.62. The van der Waals surface area contributed by atoms with Gasteiger partial charge in [-0.2, -0.15) is 0 Å². The minimum Gasteiger partial charge on any atom is -0.497 e. The van der Waals surface area contributed by atoms with Crippen LogP contribution in [-0.2, 0) is 0 Å². The number of rotatable bonds is 3. The lowest BCUT2D eigenvalue weighted by Gasteiger charge is -2.09. The number of hydrogen-bond donors (Lipinski definition) is 2. The predicted octanol–water partition coefficient (Wildman–Crippen LogP) is 3.62. The summed E-state index contributed by atoms with van der Waals surface area (Å²) < 4.78 is 31.0. The van der Waals surface area contributed by atoms with Crippen molar-refractivity contribution in [2.45, 2.75) is 0 Å². The Morgan fingerprint density at radius 1 is 1.00 bits per heavy atom. The highest BCUT2D eigenvalue weighted by molar-refractivity contribution is 5.99. The maximum Gasteiger partial charge on any atom is 0.323 e. The van der Waals surface area contributed by atoms with Crippen LogP contribution in [0.25, 0.3) is 0 Å². The molecule has 2 N–H and O–H groups in total. The zero-order chi connectivity index (χ0) is 14.5. The van der Waals surface area contributed by atoms with E-state index >= 15 is 0 Å². The van der Waals surface area contributed by atoms with Gasteiger partial charge in [0.05, 0.1) is 7.11 Å². The van der Waals surface area contributed by atoms with E-state index < -0.39 is 17.7 Å². The first-order chi connectivity index (χ1) is 9.56. The van der Waals surface area contributed by atoms with E-state index in [1.165, 1.54) is 7.11 Å². The third-order valence-electron chi connectivity index (χ3n) is 2.45. The molecule has 2 amide bonds. The van der Waals surface area contributed by atoms with Gasteiger partial charge in [-0.1, -0.05) is 6.07 Å². The largest absolute Gasteiger partial charge is 0.497 e. The molecular weight excluding hydrogens is 266 g/mol. The number of methoxy groups -OCH3 is 1. The number of nitrogens with one attached hydrogen (secondary N) is 2. The van der Waals surface area contributed by atoms with E-state index in [1.807, 2.05) is 0 Å². The molecule has 20 heavy (non-hydrogen) atoms. The van der Waals surface area contributed by atoms with Crippen molar-refractivity contribution in [2.24, 2.45) is 0 Å². The average molecular weight is 278 g/mol. The molecule has 0 radical (unpaired) electrons. The van der Waals surface area contributed by atoms with Gasteiger partial charge >= 0.3 is 6.03 Å². The first-order valence-corrected chi connectivity index (χ1v) is 5.75. The molecule has 0 aliphatic rings. The van der Waals surface area contributed by atoms with Gasteiger partial charge in [0, 0.05) is 23.5 Å². The van der Waals surface area contributed by atoms with Crippen molar-refractivity contribution in [3.8, 4) is 5.75 Å². The molecule has 0 saturated carbocycles. The maximum atomic E-state index is 13.0. The summed E-state index contributed by atoms with van der Waals surface area (Å²) in [6.07, 6.45) is 0. The second kappa shape index (κ2) is 6.01. The molecule has 104 valence electrons. The lowest BCUT2D eigenvalue weighted by atomic mass is 10.3. The Hall–Kier alpha value is -2.63. The molecule has 0 aromatic heterocycles. The summed E-state index contributed by atoms with van der Waals surface area (Å²) in [5.41, 5.74) is 0.529. The molecule has 0 atom stereocenters. The molecule has 0 bridgehead atoms. The number of benzene rings is 2. The van der Waals surface area contributed by atoms with Crippen LogP contribution in [0.5, 0.6) is 5.75 Å². The Morgan fingerprint density at radius 2 is 1.65 bits per heavy atom. The molecule has 0 heterocycles. The number of ether oxygens (including phenoxy) is 1. The van der Waals surface area contributed by atoms with Crippen LogP contribution in [0.1, 0.15) is 0 Å².